The Morgan fingerprint density at radius 3 is 2.93 bits per heavy atom. The van der Waals surface area contributed by atoms with E-state index >= 15 is 0 Å². The topological polar surface area (TPSA) is 56.7 Å². The van der Waals surface area contributed by atoms with E-state index in [1.165, 1.54) is 12.1 Å². The molecule has 15 heavy (non-hydrogen) atoms. The second-order valence-electron chi connectivity index (χ2n) is 3.24. The van der Waals surface area contributed by atoms with E-state index in [0.717, 1.165) is 11.3 Å². The van der Waals surface area contributed by atoms with Crippen molar-refractivity contribution in [3.8, 4) is 0 Å². The predicted octanol–water partition coefficient (Wildman–Crippen LogP) is 0.924. The highest BCUT2D eigenvalue weighted by Crippen LogP contribution is 2.05. The van der Waals surface area contributed by atoms with Crippen molar-refractivity contribution in [1.82, 2.24) is 15.0 Å². The maximum Gasteiger partial charge on any atom is 0.123 e. The zero-order chi connectivity index (χ0) is 10.7. The van der Waals surface area contributed by atoms with Crippen molar-refractivity contribution >= 4 is 0 Å². The van der Waals surface area contributed by atoms with Crippen molar-refractivity contribution in [2.75, 3.05) is 0 Å². The lowest BCUT2D eigenvalue weighted by Crippen LogP contribution is -2.00. The van der Waals surface area contributed by atoms with Crippen LogP contribution in [0.25, 0.3) is 0 Å². The van der Waals surface area contributed by atoms with Gasteiger partial charge in [-0.1, -0.05) is 17.3 Å². The number of nitrogens with zero attached hydrogens (tertiary/aromatic N) is 3. The zero-order valence-electron chi connectivity index (χ0n) is 8.10. The molecule has 0 unspecified atom stereocenters. The van der Waals surface area contributed by atoms with Crippen molar-refractivity contribution in [3.63, 3.8) is 0 Å². The molecule has 0 spiro atoms. The molecule has 5 heteroatoms. The fourth-order valence-corrected chi connectivity index (χ4v) is 1.33. The Balaban J connectivity index is 2.14. The van der Waals surface area contributed by atoms with Crippen molar-refractivity contribution in [3.05, 3.63) is 47.5 Å². The second kappa shape index (κ2) is 4.18. The van der Waals surface area contributed by atoms with E-state index in [1.54, 1.807) is 16.9 Å². The van der Waals surface area contributed by atoms with Gasteiger partial charge in [0.25, 0.3) is 0 Å². The van der Waals surface area contributed by atoms with Gasteiger partial charge in [0, 0.05) is 6.54 Å². The lowest BCUT2D eigenvalue weighted by atomic mass is 10.2. The van der Waals surface area contributed by atoms with Crippen molar-refractivity contribution in [2.45, 2.75) is 13.1 Å². The normalized spacial score (nSPS) is 10.5. The van der Waals surface area contributed by atoms with E-state index in [-0.39, 0.29) is 5.82 Å². The molecule has 1 heterocycles. The minimum absolute atomic E-state index is 0.244. The molecule has 4 nitrogen and oxygen atoms in total. The molecule has 0 saturated carbocycles. The van der Waals surface area contributed by atoms with E-state index in [0.29, 0.717) is 13.1 Å². The van der Waals surface area contributed by atoms with Gasteiger partial charge in [0.05, 0.1) is 18.4 Å². The molecule has 0 aliphatic heterocycles. The number of nitrogens with two attached hydrogens (primary N) is 1. The van der Waals surface area contributed by atoms with E-state index in [1.807, 2.05) is 6.07 Å². The van der Waals surface area contributed by atoms with Crippen molar-refractivity contribution in [2.24, 2.45) is 5.73 Å². The molecule has 0 amide bonds. The molecular weight excluding hydrogens is 195 g/mol. The Morgan fingerprint density at radius 1 is 1.40 bits per heavy atom. The van der Waals surface area contributed by atoms with Gasteiger partial charge in [-0.2, -0.15) is 0 Å². The summed E-state index contributed by atoms with van der Waals surface area (Å²) in [6.45, 7) is 0.869. The lowest BCUT2D eigenvalue weighted by molar-refractivity contribution is 0.614. The van der Waals surface area contributed by atoms with Crippen LogP contribution in [0.4, 0.5) is 4.39 Å². The molecule has 0 bridgehead atoms. The van der Waals surface area contributed by atoms with Gasteiger partial charge in [-0.3, -0.25) is 0 Å². The molecule has 0 atom stereocenters. The van der Waals surface area contributed by atoms with Gasteiger partial charge in [-0.25, -0.2) is 9.07 Å². The van der Waals surface area contributed by atoms with Gasteiger partial charge < -0.3 is 5.73 Å². The maximum absolute atomic E-state index is 12.9. The lowest BCUT2D eigenvalue weighted by Gasteiger charge is -2.00. The minimum Gasteiger partial charge on any atom is -0.325 e. The Morgan fingerprint density at radius 2 is 2.27 bits per heavy atom. The molecule has 78 valence electrons. The molecule has 0 aliphatic rings. The highest BCUT2D eigenvalue weighted by atomic mass is 19.1. The standard InChI is InChI=1S/C10H11FN4/c11-9-3-1-2-8(4-9)6-15-7-10(5-12)13-14-15/h1-4,7H,5-6,12H2. The summed E-state index contributed by atoms with van der Waals surface area (Å²) in [5.74, 6) is -0.244. The molecule has 0 fully saturated rings. The summed E-state index contributed by atoms with van der Waals surface area (Å²) in [5, 5.41) is 7.72. The van der Waals surface area contributed by atoms with Gasteiger partial charge >= 0.3 is 0 Å². The summed E-state index contributed by atoms with van der Waals surface area (Å²) < 4.78 is 14.5. The zero-order valence-corrected chi connectivity index (χ0v) is 8.10. The predicted molar refractivity (Wildman–Crippen MR) is 53.4 cm³/mol. The molecular formula is C10H11FN4. The number of halogens is 1. The monoisotopic (exact) mass is 206 g/mol. The molecule has 1 aromatic carbocycles. The summed E-state index contributed by atoms with van der Waals surface area (Å²) in [7, 11) is 0. The van der Waals surface area contributed by atoms with E-state index < -0.39 is 0 Å². The summed E-state index contributed by atoms with van der Waals surface area (Å²) in [5.41, 5.74) is 6.98. The average molecular weight is 206 g/mol. The van der Waals surface area contributed by atoms with Crippen LogP contribution in [0, 0.1) is 5.82 Å². The average Bonchev–Trinajstić information content (AvgIpc) is 2.65. The molecule has 2 aromatic rings. The third kappa shape index (κ3) is 2.38. The van der Waals surface area contributed by atoms with Crippen LogP contribution in [0.15, 0.2) is 30.5 Å². The molecule has 2 rings (SSSR count). The fraction of sp³-hybridized carbons (Fsp3) is 0.200. The highest BCUT2D eigenvalue weighted by Gasteiger charge is 2.00. The first-order valence-corrected chi connectivity index (χ1v) is 4.61. The molecule has 2 N–H and O–H groups in total. The Hall–Kier alpha value is -1.75. The van der Waals surface area contributed by atoms with Crippen LogP contribution in [-0.2, 0) is 13.1 Å². The second-order valence-corrected chi connectivity index (χ2v) is 3.24. The Kier molecular flexibility index (Phi) is 2.73. The third-order valence-electron chi connectivity index (χ3n) is 2.03. The van der Waals surface area contributed by atoms with Gasteiger partial charge in [-0.05, 0) is 17.7 Å². The molecule has 0 saturated heterocycles. The van der Waals surface area contributed by atoms with Crippen LogP contribution in [0.3, 0.4) is 0 Å². The first-order valence-electron chi connectivity index (χ1n) is 4.61. The largest absolute Gasteiger partial charge is 0.325 e. The van der Waals surface area contributed by atoms with Gasteiger partial charge in [0.15, 0.2) is 0 Å². The van der Waals surface area contributed by atoms with E-state index in [2.05, 4.69) is 10.3 Å². The first kappa shape index (κ1) is 9.79. The van der Waals surface area contributed by atoms with E-state index in [4.69, 9.17) is 5.73 Å². The number of rotatable bonds is 3. The molecule has 1 aromatic heterocycles. The summed E-state index contributed by atoms with van der Waals surface area (Å²) in [4.78, 5) is 0. The molecule has 0 aliphatic carbocycles. The van der Waals surface area contributed by atoms with Crippen LogP contribution in [0.2, 0.25) is 0 Å². The van der Waals surface area contributed by atoms with E-state index in [9.17, 15) is 4.39 Å². The summed E-state index contributed by atoms with van der Waals surface area (Å²) in [6, 6.07) is 6.40. The minimum atomic E-state index is -0.244. The number of hydrogen-bond acceptors (Lipinski definition) is 3. The van der Waals surface area contributed by atoms with Crippen LogP contribution < -0.4 is 5.73 Å². The van der Waals surface area contributed by atoms with Crippen molar-refractivity contribution < 1.29 is 4.39 Å². The van der Waals surface area contributed by atoms with Crippen LogP contribution in [-0.4, -0.2) is 15.0 Å². The quantitative estimate of drug-likeness (QED) is 0.812. The number of aromatic nitrogens is 3. The van der Waals surface area contributed by atoms with Gasteiger partial charge in [-0.15, -0.1) is 5.10 Å². The Labute approximate surface area is 86.5 Å². The van der Waals surface area contributed by atoms with Gasteiger partial charge in [0.2, 0.25) is 0 Å². The summed E-state index contributed by atoms with van der Waals surface area (Å²) >= 11 is 0. The molecule has 0 radical (unpaired) electrons. The smallest absolute Gasteiger partial charge is 0.123 e. The highest BCUT2D eigenvalue weighted by molar-refractivity contribution is 5.16. The van der Waals surface area contributed by atoms with Gasteiger partial charge in [0.1, 0.15) is 5.82 Å². The van der Waals surface area contributed by atoms with Crippen LogP contribution >= 0.6 is 0 Å². The van der Waals surface area contributed by atoms with Crippen LogP contribution in [0.1, 0.15) is 11.3 Å². The summed E-state index contributed by atoms with van der Waals surface area (Å²) in [6.07, 6.45) is 1.75. The first-order chi connectivity index (χ1) is 7.28. The van der Waals surface area contributed by atoms with Crippen molar-refractivity contribution in [1.29, 1.82) is 0 Å². The van der Waals surface area contributed by atoms with Crippen LogP contribution in [0.5, 0.6) is 0 Å². The third-order valence-corrected chi connectivity index (χ3v) is 2.03. The SMILES string of the molecule is NCc1cn(Cc2cccc(F)c2)nn1. The Bertz CT molecular complexity index is 452. The maximum atomic E-state index is 12.9. The number of hydrogen-bond donors (Lipinski definition) is 1. The fourth-order valence-electron chi connectivity index (χ4n) is 1.33. The number of benzene rings is 1.